The minimum Gasteiger partial charge on any atom is -0.394 e. The van der Waals surface area contributed by atoms with Gasteiger partial charge < -0.3 is 25.5 Å². The molecule has 2 heterocycles. The summed E-state index contributed by atoms with van der Waals surface area (Å²) in [6, 6.07) is 0. The number of hydrogen-bond acceptors (Lipinski definition) is 10. The first-order chi connectivity index (χ1) is 12.0. The van der Waals surface area contributed by atoms with E-state index in [1.54, 1.807) is 4.57 Å². The molecule has 5 atom stereocenters. The van der Waals surface area contributed by atoms with Crippen molar-refractivity contribution in [3.05, 3.63) is 12.7 Å². The van der Waals surface area contributed by atoms with Crippen molar-refractivity contribution in [1.29, 1.82) is 0 Å². The van der Waals surface area contributed by atoms with Crippen LogP contribution in [-0.2, 0) is 0 Å². The lowest BCUT2D eigenvalue weighted by molar-refractivity contribution is -0.118. The SMILES string of the molecule is CCSC(C(O)C(O)C(O)C(O)CO)n1cnc2c(SC)ncnc21. The second-order valence-electron chi connectivity index (χ2n) is 5.27. The largest absolute Gasteiger partial charge is 0.394 e. The fourth-order valence-electron chi connectivity index (χ4n) is 2.39. The Morgan fingerprint density at radius 3 is 2.40 bits per heavy atom. The van der Waals surface area contributed by atoms with Gasteiger partial charge in [0, 0.05) is 0 Å². The van der Waals surface area contributed by atoms with Crippen molar-refractivity contribution in [2.45, 2.75) is 41.7 Å². The average molecular weight is 390 g/mol. The molecule has 140 valence electrons. The van der Waals surface area contributed by atoms with Crippen LogP contribution in [0.25, 0.3) is 11.2 Å². The molecule has 9 nitrogen and oxygen atoms in total. The maximum absolute atomic E-state index is 10.6. The first-order valence-corrected chi connectivity index (χ1v) is 9.89. The summed E-state index contributed by atoms with van der Waals surface area (Å²) in [5.74, 6) is 0.618. The third-order valence-electron chi connectivity index (χ3n) is 3.70. The monoisotopic (exact) mass is 390 g/mol. The third kappa shape index (κ3) is 4.25. The Bertz CT molecular complexity index is 688. The van der Waals surface area contributed by atoms with Gasteiger partial charge >= 0.3 is 0 Å². The Hall–Kier alpha value is -0.950. The zero-order chi connectivity index (χ0) is 18.6. The number of fused-ring (bicyclic) bond motifs is 1. The second-order valence-corrected chi connectivity index (χ2v) is 7.46. The molecule has 11 heteroatoms. The molecule has 2 rings (SSSR count). The molecule has 0 aliphatic heterocycles. The van der Waals surface area contributed by atoms with Crippen LogP contribution in [-0.4, -0.2) is 88.1 Å². The number of aromatic nitrogens is 4. The van der Waals surface area contributed by atoms with Gasteiger partial charge in [0.25, 0.3) is 0 Å². The quantitative estimate of drug-likeness (QED) is 0.273. The zero-order valence-corrected chi connectivity index (χ0v) is 15.4. The molecule has 0 fully saturated rings. The van der Waals surface area contributed by atoms with Crippen molar-refractivity contribution in [2.24, 2.45) is 0 Å². The molecule has 0 spiro atoms. The van der Waals surface area contributed by atoms with Crippen molar-refractivity contribution in [1.82, 2.24) is 19.5 Å². The smallest absolute Gasteiger partial charge is 0.165 e. The lowest BCUT2D eigenvalue weighted by Gasteiger charge is -2.31. The fraction of sp³-hybridized carbons (Fsp3) is 0.643. The molecule has 0 radical (unpaired) electrons. The predicted molar refractivity (Wildman–Crippen MR) is 95.4 cm³/mol. The number of nitrogens with zero attached hydrogens (tertiary/aromatic N) is 4. The minimum absolute atomic E-state index is 0.494. The Morgan fingerprint density at radius 2 is 1.80 bits per heavy atom. The Balaban J connectivity index is 2.38. The topological polar surface area (TPSA) is 145 Å². The molecule has 0 aliphatic carbocycles. The molecule has 2 aromatic heterocycles. The molecule has 0 aromatic carbocycles. The summed E-state index contributed by atoms with van der Waals surface area (Å²) < 4.78 is 1.61. The van der Waals surface area contributed by atoms with E-state index in [2.05, 4.69) is 15.0 Å². The van der Waals surface area contributed by atoms with E-state index in [9.17, 15) is 20.4 Å². The summed E-state index contributed by atoms with van der Waals surface area (Å²) in [6.07, 6.45) is -1.57. The van der Waals surface area contributed by atoms with E-state index in [4.69, 9.17) is 5.11 Å². The van der Waals surface area contributed by atoms with Crippen molar-refractivity contribution in [2.75, 3.05) is 18.6 Å². The summed E-state index contributed by atoms with van der Waals surface area (Å²) in [5.41, 5.74) is 1.07. The average Bonchev–Trinajstić information content (AvgIpc) is 3.07. The van der Waals surface area contributed by atoms with Gasteiger partial charge in [-0.05, 0) is 12.0 Å². The minimum atomic E-state index is -1.69. The highest BCUT2D eigenvalue weighted by atomic mass is 32.2. The molecule has 0 aliphatic rings. The zero-order valence-electron chi connectivity index (χ0n) is 13.8. The Morgan fingerprint density at radius 1 is 1.08 bits per heavy atom. The van der Waals surface area contributed by atoms with Crippen LogP contribution in [0.4, 0.5) is 0 Å². The number of rotatable bonds is 9. The van der Waals surface area contributed by atoms with E-state index >= 15 is 0 Å². The molecular formula is C14H22N4O5S2. The van der Waals surface area contributed by atoms with Crippen LogP contribution in [0.2, 0.25) is 0 Å². The van der Waals surface area contributed by atoms with Crippen LogP contribution >= 0.6 is 23.5 Å². The van der Waals surface area contributed by atoms with Crippen LogP contribution in [0.3, 0.4) is 0 Å². The number of aliphatic hydroxyl groups is 5. The lowest BCUT2D eigenvalue weighted by Crippen LogP contribution is -2.48. The van der Waals surface area contributed by atoms with Gasteiger partial charge in [-0.2, -0.15) is 0 Å². The van der Waals surface area contributed by atoms with Gasteiger partial charge in [0.05, 0.1) is 12.9 Å². The van der Waals surface area contributed by atoms with E-state index in [0.29, 0.717) is 21.9 Å². The van der Waals surface area contributed by atoms with Crippen LogP contribution in [0.15, 0.2) is 17.7 Å². The van der Waals surface area contributed by atoms with E-state index in [0.717, 1.165) is 0 Å². The van der Waals surface area contributed by atoms with E-state index in [1.807, 2.05) is 13.2 Å². The highest BCUT2D eigenvalue weighted by molar-refractivity contribution is 7.99. The molecule has 2 aromatic rings. The second kappa shape index (κ2) is 9.12. The summed E-state index contributed by atoms with van der Waals surface area (Å²) >= 11 is 2.74. The van der Waals surface area contributed by atoms with Gasteiger partial charge in [0.15, 0.2) is 5.65 Å². The summed E-state index contributed by atoms with van der Waals surface area (Å²) in [4.78, 5) is 12.6. The maximum atomic E-state index is 10.6. The predicted octanol–water partition coefficient (Wildman–Crippen LogP) is -0.764. The molecule has 0 bridgehead atoms. The number of imidazole rings is 1. The maximum Gasteiger partial charge on any atom is 0.165 e. The molecular weight excluding hydrogens is 368 g/mol. The molecule has 0 amide bonds. The summed E-state index contributed by atoms with van der Waals surface area (Å²) in [6.45, 7) is 1.16. The number of thioether (sulfide) groups is 2. The fourth-order valence-corrected chi connectivity index (χ4v) is 3.89. The molecule has 5 unspecified atom stereocenters. The number of hydrogen-bond donors (Lipinski definition) is 5. The van der Waals surface area contributed by atoms with E-state index in [1.165, 1.54) is 36.2 Å². The van der Waals surface area contributed by atoms with Crippen LogP contribution in [0.1, 0.15) is 12.3 Å². The molecule has 0 saturated carbocycles. The van der Waals surface area contributed by atoms with Crippen molar-refractivity contribution >= 4 is 34.7 Å². The lowest BCUT2D eigenvalue weighted by atomic mass is 10.0. The van der Waals surface area contributed by atoms with Gasteiger partial charge in [-0.1, -0.05) is 6.92 Å². The normalized spacial score (nSPS) is 18.0. The van der Waals surface area contributed by atoms with Gasteiger partial charge in [-0.3, -0.25) is 4.57 Å². The highest BCUT2D eigenvalue weighted by Crippen LogP contribution is 2.33. The van der Waals surface area contributed by atoms with Gasteiger partial charge in [-0.15, -0.1) is 23.5 Å². The molecule has 0 saturated heterocycles. The van der Waals surface area contributed by atoms with Crippen LogP contribution < -0.4 is 0 Å². The summed E-state index contributed by atoms with van der Waals surface area (Å²) in [5, 5.41) is 49.1. The standard InChI is InChI=1S/C14H22N4O5S2/c1-3-25-14(11(23)10(22)9(21)7(20)4-19)18-6-17-8-12(18)15-5-16-13(8)24-2/h5-7,9-11,14,19-23H,3-4H2,1-2H3. The van der Waals surface area contributed by atoms with Crippen molar-refractivity contribution < 1.29 is 25.5 Å². The first-order valence-electron chi connectivity index (χ1n) is 7.62. The molecule has 25 heavy (non-hydrogen) atoms. The van der Waals surface area contributed by atoms with Gasteiger partial charge in [0.1, 0.15) is 46.7 Å². The Labute approximate surface area is 153 Å². The Kier molecular flexibility index (Phi) is 7.43. The summed E-state index contributed by atoms with van der Waals surface area (Å²) in [7, 11) is 0. The molecule has 5 N–H and O–H groups in total. The highest BCUT2D eigenvalue weighted by Gasteiger charge is 2.36. The van der Waals surface area contributed by atoms with Crippen molar-refractivity contribution in [3.8, 4) is 0 Å². The van der Waals surface area contributed by atoms with Gasteiger partial charge in [0.2, 0.25) is 0 Å². The van der Waals surface area contributed by atoms with E-state index in [-0.39, 0.29) is 0 Å². The van der Waals surface area contributed by atoms with E-state index < -0.39 is 36.4 Å². The van der Waals surface area contributed by atoms with Gasteiger partial charge in [-0.25, -0.2) is 15.0 Å². The first kappa shape index (κ1) is 20.4. The van der Waals surface area contributed by atoms with Crippen LogP contribution in [0.5, 0.6) is 0 Å². The third-order valence-corrected chi connectivity index (χ3v) is 5.57. The number of aliphatic hydroxyl groups excluding tert-OH is 5. The van der Waals surface area contributed by atoms with Crippen molar-refractivity contribution in [3.63, 3.8) is 0 Å². The van der Waals surface area contributed by atoms with Crippen LogP contribution in [0, 0.1) is 0 Å².